The van der Waals surface area contributed by atoms with Crippen LogP contribution in [0.25, 0.3) is 0 Å². The lowest BCUT2D eigenvalue weighted by molar-refractivity contribution is 0.266. The molecule has 0 aromatic heterocycles. The first-order valence-corrected chi connectivity index (χ1v) is 5.18. The molecule has 1 saturated heterocycles. The Morgan fingerprint density at radius 3 is 2.25 bits per heavy atom. The van der Waals surface area contributed by atoms with Gasteiger partial charge in [-0.3, -0.25) is 0 Å². The van der Waals surface area contributed by atoms with Gasteiger partial charge in [0.1, 0.15) is 0 Å². The van der Waals surface area contributed by atoms with Crippen LogP contribution < -0.4 is 5.73 Å². The number of hydrogen-bond donors (Lipinski definition) is 1. The summed E-state index contributed by atoms with van der Waals surface area (Å²) in [5, 5.41) is 0. The lowest BCUT2D eigenvalue weighted by atomic mass is 10.1. The molecule has 0 amide bonds. The Bertz CT molecular complexity index is 102. The van der Waals surface area contributed by atoms with Crippen molar-refractivity contribution in [3.8, 4) is 0 Å². The van der Waals surface area contributed by atoms with Gasteiger partial charge in [-0.2, -0.15) is 0 Å². The lowest BCUT2D eigenvalue weighted by Gasteiger charge is -2.19. The zero-order chi connectivity index (χ0) is 9.56. The smallest absolute Gasteiger partial charge is 0.00387 e. The zero-order valence-electron chi connectivity index (χ0n) is 9.01. The summed E-state index contributed by atoms with van der Waals surface area (Å²) >= 11 is 0. The highest BCUT2D eigenvalue weighted by Gasteiger charge is 2.22. The average molecular weight is 172 g/mol. The second kappa shape index (κ2) is 6.44. The summed E-state index contributed by atoms with van der Waals surface area (Å²) in [6.45, 7) is 11.8. The van der Waals surface area contributed by atoms with Crippen molar-refractivity contribution in [2.45, 2.75) is 40.2 Å². The summed E-state index contributed by atoms with van der Waals surface area (Å²) in [5.41, 5.74) is 5.57. The molecule has 74 valence electrons. The number of hydrogen-bond acceptors (Lipinski definition) is 2. The molecule has 0 bridgehead atoms. The van der Waals surface area contributed by atoms with Crippen LogP contribution in [0.4, 0.5) is 0 Å². The van der Waals surface area contributed by atoms with E-state index in [9.17, 15) is 0 Å². The predicted molar refractivity (Wildman–Crippen MR) is 55.2 cm³/mol. The van der Waals surface area contributed by atoms with Crippen LogP contribution in [-0.4, -0.2) is 30.6 Å². The summed E-state index contributed by atoms with van der Waals surface area (Å²) in [4.78, 5) is 2.50. The van der Waals surface area contributed by atoms with Gasteiger partial charge in [-0.25, -0.2) is 0 Å². The van der Waals surface area contributed by atoms with Gasteiger partial charge in [0, 0.05) is 12.6 Å². The molecule has 1 aliphatic heterocycles. The molecule has 1 aliphatic rings. The molecule has 0 saturated carbocycles. The molecule has 12 heavy (non-hydrogen) atoms. The third-order valence-electron chi connectivity index (χ3n) is 2.38. The topological polar surface area (TPSA) is 29.3 Å². The van der Waals surface area contributed by atoms with Crippen molar-refractivity contribution in [3.05, 3.63) is 0 Å². The van der Waals surface area contributed by atoms with Gasteiger partial charge in [0.25, 0.3) is 0 Å². The minimum absolute atomic E-state index is 0.705. The summed E-state index contributed by atoms with van der Waals surface area (Å²) in [7, 11) is 0. The quantitative estimate of drug-likeness (QED) is 0.687. The van der Waals surface area contributed by atoms with E-state index in [1.165, 1.54) is 19.5 Å². The molecule has 1 heterocycles. The Labute approximate surface area is 77.1 Å². The van der Waals surface area contributed by atoms with Crippen molar-refractivity contribution in [1.82, 2.24) is 4.90 Å². The van der Waals surface area contributed by atoms with E-state index in [1.54, 1.807) is 0 Å². The van der Waals surface area contributed by atoms with Crippen LogP contribution in [0, 0.1) is 5.92 Å². The minimum Gasteiger partial charge on any atom is -0.330 e. The first kappa shape index (κ1) is 11.9. The summed E-state index contributed by atoms with van der Waals surface area (Å²) in [6, 6.07) is 0.705. The van der Waals surface area contributed by atoms with E-state index in [0.717, 1.165) is 12.5 Å². The van der Waals surface area contributed by atoms with E-state index in [2.05, 4.69) is 18.7 Å². The monoisotopic (exact) mass is 172 g/mol. The maximum Gasteiger partial charge on any atom is 0.00387 e. The van der Waals surface area contributed by atoms with Crippen molar-refractivity contribution in [3.63, 3.8) is 0 Å². The van der Waals surface area contributed by atoms with Crippen molar-refractivity contribution >= 4 is 0 Å². The largest absolute Gasteiger partial charge is 0.330 e. The standard InChI is InChI=1S/C8H18N2.C2H6/c1-7(2)10-4-3-8(5-9)6-10;1-2/h7-8H,3-6,9H2,1-2H3;1-2H3. The number of nitrogens with zero attached hydrogens (tertiary/aromatic N) is 1. The van der Waals surface area contributed by atoms with Crippen LogP contribution in [0.15, 0.2) is 0 Å². The van der Waals surface area contributed by atoms with E-state index < -0.39 is 0 Å². The Balaban J connectivity index is 0.000000561. The molecule has 0 spiro atoms. The minimum atomic E-state index is 0.705. The lowest BCUT2D eigenvalue weighted by Crippen LogP contribution is -2.29. The van der Waals surface area contributed by atoms with Gasteiger partial charge >= 0.3 is 0 Å². The molecule has 1 rings (SSSR count). The summed E-state index contributed by atoms with van der Waals surface area (Å²) in [6.07, 6.45) is 1.30. The Kier molecular flexibility index (Phi) is 6.39. The van der Waals surface area contributed by atoms with Crippen LogP contribution in [-0.2, 0) is 0 Å². The Morgan fingerprint density at radius 1 is 1.42 bits per heavy atom. The van der Waals surface area contributed by atoms with E-state index in [4.69, 9.17) is 5.73 Å². The van der Waals surface area contributed by atoms with E-state index in [-0.39, 0.29) is 0 Å². The summed E-state index contributed by atoms with van der Waals surface area (Å²) < 4.78 is 0. The molecule has 2 heteroatoms. The second-order valence-electron chi connectivity index (χ2n) is 3.48. The van der Waals surface area contributed by atoms with Crippen molar-refractivity contribution < 1.29 is 0 Å². The molecule has 2 N–H and O–H groups in total. The molecule has 1 fully saturated rings. The number of rotatable bonds is 2. The number of likely N-dealkylation sites (tertiary alicyclic amines) is 1. The van der Waals surface area contributed by atoms with Crippen LogP contribution in [0.3, 0.4) is 0 Å². The second-order valence-corrected chi connectivity index (χ2v) is 3.48. The normalized spacial score (nSPS) is 24.0. The van der Waals surface area contributed by atoms with Gasteiger partial charge in [0.05, 0.1) is 0 Å². The Hall–Kier alpha value is -0.0800. The van der Waals surface area contributed by atoms with E-state index >= 15 is 0 Å². The first-order chi connectivity index (χ1) is 5.74. The molecule has 1 atom stereocenters. The highest BCUT2D eigenvalue weighted by atomic mass is 15.2. The molecular weight excluding hydrogens is 148 g/mol. The maximum atomic E-state index is 5.57. The SMILES string of the molecule is CC.CC(C)N1CCC(CN)C1. The first-order valence-electron chi connectivity index (χ1n) is 5.18. The van der Waals surface area contributed by atoms with Gasteiger partial charge in [0.15, 0.2) is 0 Å². The van der Waals surface area contributed by atoms with E-state index in [0.29, 0.717) is 6.04 Å². The van der Waals surface area contributed by atoms with Gasteiger partial charge in [-0.15, -0.1) is 0 Å². The van der Waals surface area contributed by atoms with Gasteiger partial charge < -0.3 is 10.6 Å². The van der Waals surface area contributed by atoms with Gasteiger partial charge in [0.2, 0.25) is 0 Å². The van der Waals surface area contributed by atoms with Crippen LogP contribution >= 0.6 is 0 Å². The molecular formula is C10H24N2. The average Bonchev–Trinajstić information content (AvgIpc) is 2.55. The Morgan fingerprint density at radius 2 is 2.00 bits per heavy atom. The van der Waals surface area contributed by atoms with Crippen LogP contribution in [0.2, 0.25) is 0 Å². The van der Waals surface area contributed by atoms with Crippen LogP contribution in [0.1, 0.15) is 34.1 Å². The van der Waals surface area contributed by atoms with Crippen molar-refractivity contribution in [1.29, 1.82) is 0 Å². The summed E-state index contributed by atoms with van der Waals surface area (Å²) in [5.74, 6) is 0.766. The predicted octanol–water partition coefficient (Wildman–Crippen LogP) is 1.70. The molecule has 0 radical (unpaired) electrons. The molecule has 0 aliphatic carbocycles. The fourth-order valence-corrected chi connectivity index (χ4v) is 1.52. The maximum absolute atomic E-state index is 5.57. The molecule has 1 unspecified atom stereocenters. The van der Waals surface area contributed by atoms with Gasteiger partial charge in [-0.05, 0) is 39.3 Å². The fraction of sp³-hybridized carbons (Fsp3) is 1.00. The van der Waals surface area contributed by atoms with Crippen molar-refractivity contribution in [2.24, 2.45) is 11.7 Å². The fourth-order valence-electron chi connectivity index (χ4n) is 1.52. The van der Waals surface area contributed by atoms with E-state index in [1.807, 2.05) is 13.8 Å². The number of nitrogens with two attached hydrogens (primary N) is 1. The van der Waals surface area contributed by atoms with Crippen molar-refractivity contribution in [2.75, 3.05) is 19.6 Å². The zero-order valence-corrected chi connectivity index (χ0v) is 9.01. The highest BCUT2D eigenvalue weighted by Crippen LogP contribution is 2.16. The van der Waals surface area contributed by atoms with Gasteiger partial charge in [-0.1, -0.05) is 13.8 Å². The third-order valence-corrected chi connectivity index (χ3v) is 2.38. The highest BCUT2D eigenvalue weighted by molar-refractivity contribution is 4.77. The molecule has 0 aromatic rings. The van der Waals surface area contributed by atoms with Crippen LogP contribution in [0.5, 0.6) is 0 Å². The molecule has 2 nitrogen and oxygen atoms in total. The molecule has 0 aromatic carbocycles. The third kappa shape index (κ3) is 3.55.